The Labute approximate surface area is 130 Å². The molecule has 0 bridgehead atoms. The molecule has 6 nitrogen and oxygen atoms in total. The quantitative estimate of drug-likeness (QED) is 0.452. The van der Waals surface area contributed by atoms with E-state index < -0.39 is 0 Å². The van der Waals surface area contributed by atoms with Crippen LogP contribution in [0.2, 0.25) is 0 Å². The SMILES string of the molecule is CCNC(=NCC(C)C(=O)OC)NCCc1ncc(C)s1. The van der Waals surface area contributed by atoms with Gasteiger partial charge in [-0.3, -0.25) is 9.79 Å². The van der Waals surface area contributed by atoms with E-state index in [-0.39, 0.29) is 11.9 Å². The van der Waals surface area contributed by atoms with Crippen molar-refractivity contribution in [2.75, 3.05) is 26.7 Å². The van der Waals surface area contributed by atoms with Crippen LogP contribution in [-0.2, 0) is 16.0 Å². The Balaban J connectivity index is 2.43. The summed E-state index contributed by atoms with van der Waals surface area (Å²) in [5.74, 6) is 0.224. The van der Waals surface area contributed by atoms with Gasteiger partial charge in [0.2, 0.25) is 0 Å². The van der Waals surface area contributed by atoms with E-state index in [9.17, 15) is 4.79 Å². The van der Waals surface area contributed by atoms with Gasteiger partial charge in [0.25, 0.3) is 0 Å². The molecule has 1 aromatic heterocycles. The van der Waals surface area contributed by atoms with Gasteiger partial charge in [-0.25, -0.2) is 4.98 Å². The number of carbonyl (C=O) groups is 1. The first-order valence-corrected chi connectivity index (χ1v) is 7.89. The Morgan fingerprint density at radius 1 is 1.52 bits per heavy atom. The van der Waals surface area contributed by atoms with Gasteiger partial charge in [-0.05, 0) is 13.8 Å². The topological polar surface area (TPSA) is 75.6 Å². The van der Waals surface area contributed by atoms with Crippen molar-refractivity contribution in [3.63, 3.8) is 0 Å². The second-order valence-electron chi connectivity index (χ2n) is 4.69. The molecule has 1 rings (SSSR count). The van der Waals surface area contributed by atoms with Gasteiger partial charge in [-0.2, -0.15) is 0 Å². The molecule has 1 atom stereocenters. The Morgan fingerprint density at radius 2 is 2.29 bits per heavy atom. The molecule has 0 fully saturated rings. The molecule has 0 aliphatic rings. The van der Waals surface area contributed by atoms with Crippen LogP contribution in [0.4, 0.5) is 0 Å². The highest BCUT2D eigenvalue weighted by molar-refractivity contribution is 7.11. The Bertz CT molecular complexity index is 473. The summed E-state index contributed by atoms with van der Waals surface area (Å²) in [6.07, 6.45) is 2.74. The van der Waals surface area contributed by atoms with E-state index in [1.54, 1.807) is 18.3 Å². The minimum Gasteiger partial charge on any atom is -0.469 e. The zero-order valence-corrected chi connectivity index (χ0v) is 13.9. The van der Waals surface area contributed by atoms with Crippen LogP contribution in [0.15, 0.2) is 11.2 Å². The number of nitrogens with one attached hydrogen (secondary N) is 2. The second-order valence-corrected chi connectivity index (χ2v) is 6.00. The first-order valence-electron chi connectivity index (χ1n) is 7.08. The predicted octanol–water partition coefficient (Wildman–Crippen LogP) is 1.36. The molecule has 0 aromatic carbocycles. The monoisotopic (exact) mass is 312 g/mol. The van der Waals surface area contributed by atoms with Gasteiger partial charge < -0.3 is 15.4 Å². The number of carbonyl (C=O) groups excluding carboxylic acids is 1. The molecule has 21 heavy (non-hydrogen) atoms. The van der Waals surface area contributed by atoms with Gasteiger partial charge in [0.1, 0.15) is 0 Å². The Hall–Kier alpha value is -1.63. The zero-order chi connectivity index (χ0) is 15.7. The molecule has 1 aromatic rings. The molecule has 0 aliphatic carbocycles. The molecule has 0 aliphatic heterocycles. The van der Waals surface area contributed by atoms with E-state index in [1.807, 2.05) is 20.0 Å². The second kappa shape index (κ2) is 9.33. The first-order chi connectivity index (χ1) is 10.1. The lowest BCUT2D eigenvalue weighted by molar-refractivity contribution is -0.144. The van der Waals surface area contributed by atoms with Gasteiger partial charge in [0.15, 0.2) is 5.96 Å². The number of hydrogen-bond donors (Lipinski definition) is 2. The Morgan fingerprint density at radius 3 is 2.86 bits per heavy atom. The normalized spacial score (nSPS) is 12.9. The number of aryl methyl sites for hydroxylation is 1. The molecule has 0 amide bonds. The van der Waals surface area contributed by atoms with Crippen molar-refractivity contribution >= 4 is 23.3 Å². The van der Waals surface area contributed by atoms with E-state index in [4.69, 9.17) is 0 Å². The van der Waals surface area contributed by atoms with Crippen LogP contribution in [0.5, 0.6) is 0 Å². The maximum atomic E-state index is 11.3. The average molecular weight is 312 g/mol. The number of hydrogen-bond acceptors (Lipinski definition) is 5. The van der Waals surface area contributed by atoms with Gasteiger partial charge in [0.05, 0.1) is 24.6 Å². The molecule has 0 saturated heterocycles. The third kappa shape index (κ3) is 6.57. The number of nitrogens with zero attached hydrogens (tertiary/aromatic N) is 2. The van der Waals surface area contributed by atoms with Crippen molar-refractivity contribution in [3.8, 4) is 0 Å². The zero-order valence-electron chi connectivity index (χ0n) is 13.1. The fraction of sp³-hybridized carbons (Fsp3) is 0.643. The molecular weight excluding hydrogens is 288 g/mol. The van der Waals surface area contributed by atoms with Crippen LogP contribution in [0.25, 0.3) is 0 Å². The molecule has 0 spiro atoms. The molecule has 1 heterocycles. The summed E-state index contributed by atoms with van der Waals surface area (Å²) < 4.78 is 4.69. The standard InChI is InChI=1S/C14H24N4O2S/c1-5-15-14(18-8-10(2)13(19)20-4)16-7-6-12-17-9-11(3)21-12/h9-10H,5-8H2,1-4H3,(H2,15,16,18). The Kier molecular flexibility index (Phi) is 7.74. The van der Waals surface area contributed by atoms with E-state index in [1.165, 1.54) is 12.0 Å². The van der Waals surface area contributed by atoms with Crippen molar-refractivity contribution < 1.29 is 9.53 Å². The lowest BCUT2D eigenvalue weighted by Crippen LogP contribution is -2.38. The number of methoxy groups -OCH3 is 1. The van der Waals surface area contributed by atoms with Gasteiger partial charge >= 0.3 is 5.97 Å². The van der Waals surface area contributed by atoms with Crippen LogP contribution >= 0.6 is 11.3 Å². The molecule has 0 saturated carbocycles. The first kappa shape index (κ1) is 17.4. The minimum absolute atomic E-state index is 0.243. The maximum absolute atomic E-state index is 11.3. The predicted molar refractivity (Wildman–Crippen MR) is 85.7 cm³/mol. The molecular formula is C14H24N4O2S. The van der Waals surface area contributed by atoms with E-state index in [2.05, 4.69) is 25.3 Å². The summed E-state index contributed by atoms with van der Waals surface area (Å²) in [7, 11) is 1.39. The van der Waals surface area contributed by atoms with Crippen LogP contribution in [-0.4, -0.2) is 43.7 Å². The van der Waals surface area contributed by atoms with E-state index in [0.29, 0.717) is 12.5 Å². The fourth-order valence-corrected chi connectivity index (χ4v) is 2.44. The molecule has 0 radical (unpaired) electrons. The molecule has 1 unspecified atom stereocenters. The number of guanidine groups is 1. The van der Waals surface area contributed by atoms with Crippen molar-refractivity contribution in [1.82, 2.24) is 15.6 Å². The molecule has 118 valence electrons. The average Bonchev–Trinajstić information content (AvgIpc) is 2.89. The largest absolute Gasteiger partial charge is 0.469 e. The smallest absolute Gasteiger partial charge is 0.310 e. The summed E-state index contributed by atoms with van der Waals surface area (Å²) >= 11 is 1.71. The van der Waals surface area contributed by atoms with Gasteiger partial charge in [0, 0.05) is 30.6 Å². The third-order valence-electron chi connectivity index (χ3n) is 2.77. The highest BCUT2D eigenvalue weighted by atomic mass is 32.1. The molecule has 7 heteroatoms. The minimum atomic E-state index is -0.243. The van der Waals surface area contributed by atoms with Crippen LogP contribution in [0.1, 0.15) is 23.7 Å². The highest BCUT2D eigenvalue weighted by Gasteiger charge is 2.12. The number of rotatable bonds is 7. The number of aromatic nitrogens is 1. The maximum Gasteiger partial charge on any atom is 0.310 e. The van der Waals surface area contributed by atoms with Crippen molar-refractivity contribution in [1.29, 1.82) is 0 Å². The number of esters is 1. The van der Waals surface area contributed by atoms with Crippen molar-refractivity contribution in [2.24, 2.45) is 10.9 Å². The lowest BCUT2D eigenvalue weighted by atomic mass is 10.2. The van der Waals surface area contributed by atoms with Crippen LogP contribution in [0, 0.1) is 12.8 Å². The van der Waals surface area contributed by atoms with E-state index in [0.717, 1.165) is 24.5 Å². The van der Waals surface area contributed by atoms with E-state index >= 15 is 0 Å². The highest BCUT2D eigenvalue weighted by Crippen LogP contribution is 2.10. The van der Waals surface area contributed by atoms with Crippen molar-refractivity contribution in [3.05, 3.63) is 16.1 Å². The summed E-state index contributed by atoms with van der Waals surface area (Å²) in [6.45, 7) is 7.79. The van der Waals surface area contributed by atoms with Crippen molar-refractivity contribution in [2.45, 2.75) is 27.2 Å². The summed E-state index contributed by atoms with van der Waals surface area (Å²) in [5.41, 5.74) is 0. The number of aliphatic imine (C=N–C) groups is 1. The molecule has 2 N–H and O–H groups in total. The number of thiazole rings is 1. The summed E-state index contributed by atoms with van der Waals surface area (Å²) in [5, 5.41) is 7.51. The van der Waals surface area contributed by atoms with Gasteiger partial charge in [-0.15, -0.1) is 11.3 Å². The summed E-state index contributed by atoms with van der Waals surface area (Å²) in [6, 6.07) is 0. The van der Waals surface area contributed by atoms with Crippen LogP contribution in [0.3, 0.4) is 0 Å². The lowest BCUT2D eigenvalue weighted by Gasteiger charge is -2.12. The number of ether oxygens (including phenoxy) is 1. The summed E-state index contributed by atoms with van der Waals surface area (Å²) in [4.78, 5) is 21.3. The van der Waals surface area contributed by atoms with Gasteiger partial charge in [-0.1, -0.05) is 6.92 Å². The fourth-order valence-electron chi connectivity index (χ4n) is 1.65. The van der Waals surface area contributed by atoms with Crippen LogP contribution < -0.4 is 10.6 Å². The third-order valence-corrected chi connectivity index (χ3v) is 3.74.